The molecule has 4 aromatic rings. The number of nitriles is 1. The highest BCUT2D eigenvalue weighted by Gasteiger charge is 2.32. The molecule has 0 unspecified atom stereocenters. The van der Waals surface area contributed by atoms with Crippen LogP contribution in [0.25, 0.3) is 11.1 Å². The molecule has 0 fully saturated rings. The molecule has 3 N–H and O–H groups in total. The zero-order valence-electron chi connectivity index (χ0n) is 22.9. The molecule has 1 amide bonds. The minimum atomic E-state index is -4.69. The van der Waals surface area contributed by atoms with Gasteiger partial charge in [0.05, 0.1) is 17.7 Å². The van der Waals surface area contributed by atoms with E-state index in [0.717, 1.165) is 30.8 Å². The molecular weight excluding hydrogens is 561 g/mol. The third-order valence-electron chi connectivity index (χ3n) is 6.82. The molecule has 0 aliphatic heterocycles. The van der Waals surface area contributed by atoms with Crippen LogP contribution in [0.15, 0.2) is 75.5 Å². The number of aromatic hydroxyl groups is 1. The van der Waals surface area contributed by atoms with Crippen LogP contribution >= 0.6 is 0 Å². The van der Waals surface area contributed by atoms with E-state index < -0.39 is 49.0 Å². The van der Waals surface area contributed by atoms with Crippen molar-refractivity contribution in [3.63, 3.8) is 0 Å². The average molecular weight is 590 g/mol. The Kier molecular flexibility index (Phi) is 8.82. The van der Waals surface area contributed by atoms with E-state index in [1.54, 1.807) is 24.3 Å². The molecule has 10 nitrogen and oxygen atoms in total. The van der Waals surface area contributed by atoms with E-state index in [-0.39, 0.29) is 22.5 Å². The van der Waals surface area contributed by atoms with Crippen LogP contribution in [0.3, 0.4) is 0 Å². The summed E-state index contributed by atoms with van der Waals surface area (Å²) in [4.78, 5) is 33.0. The van der Waals surface area contributed by atoms with Crippen LogP contribution in [-0.2, 0) is 16.3 Å². The van der Waals surface area contributed by atoms with Gasteiger partial charge in [0, 0.05) is 23.7 Å². The molecule has 2 aromatic carbocycles. The Bertz CT molecular complexity index is 1860. The van der Waals surface area contributed by atoms with E-state index in [1.165, 1.54) is 16.7 Å². The lowest BCUT2D eigenvalue weighted by Crippen LogP contribution is -2.33. The number of primary amides is 1. The van der Waals surface area contributed by atoms with Crippen LogP contribution < -0.4 is 11.3 Å². The van der Waals surface area contributed by atoms with Crippen molar-refractivity contribution in [2.24, 2.45) is 5.73 Å². The first-order valence-electron chi connectivity index (χ1n) is 13.2. The van der Waals surface area contributed by atoms with Crippen molar-refractivity contribution in [2.45, 2.75) is 55.5 Å². The standard InChI is InChI=1S/C30H28FN5O5S/c1-3-5-9-25-35-29(38)27(30(39)36(25)24(4-2)19-8-6-7-18(14-19)16-32)42(40,41)26-13-10-20(17-34-26)22-12-11-21(31)15-23(22)28(33)37/h6-8,10-15,17,24,38H,3-5,9H2,1-2H3,(H2,33,37)/t24-/m0/s1. The zero-order valence-corrected chi connectivity index (χ0v) is 23.7. The summed E-state index contributed by atoms with van der Waals surface area (Å²) in [6.45, 7) is 3.76. The fourth-order valence-electron chi connectivity index (χ4n) is 4.77. The molecular formula is C30H28FN5O5S. The van der Waals surface area contributed by atoms with Gasteiger partial charge >= 0.3 is 0 Å². The van der Waals surface area contributed by atoms with Gasteiger partial charge in [-0.1, -0.05) is 38.5 Å². The number of hydrogen-bond acceptors (Lipinski definition) is 8. The first kappa shape index (κ1) is 30.1. The maximum atomic E-state index is 14.0. The summed E-state index contributed by atoms with van der Waals surface area (Å²) < 4.78 is 42.4. The minimum Gasteiger partial charge on any atom is -0.492 e. The predicted molar refractivity (Wildman–Crippen MR) is 152 cm³/mol. The van der Waals surface area contributed by atoms with E-state index in [2.05, 4.69) is 16.0 Å². The molecule has 0 radical (unpaired) electrons. The lowest BCUT2D eigenvalue weighted by Gasteiger charge is -2.23. The molecule has 2 aromatic heterocycles. The lowest BCUT2D eigenvalue weighted by atomic mass is 10.0. The maximum Gasteiger partial charge on any atom is 0.277 e. The maximum absolute atomic E-state index is 14.0. The molecule has 216 valence electrons. The van der Waals surface area contributed by atoms with E-state index in [0.29, 0.717) is 30.4 Å². The number of amides is 1. The summed E-state index contributed by atoms with van der Waals surface area (Å²) in [6.07, 6.45) is 3.21. The third-order valence-corrected chi connectivity index (χ3v) is 8.51. The second kappa shape index (κ2) is 12.3. The average Bonchev–Trinajstić information content (AvgIpc) is 2.97. The number of halogens is 1. The van der Waals surface area contributed by atoms with Crippen molar-refractivity contribution in [1.29, 1.82) is 5.26 Å². The normalized spacial score (nSPS) is 12.0. The summed E-state index contributed by atoms with van der Waals surface area (Å²) in [5.74, 6) is -2.28. The second-order valence-electron chi connectivity index (χ2n) is 9.56. The minimum absolute atomic E-state index is 0.120. The van der Waals surface area contributed by atoms with Crippen LogP contribution in [0.5, 0.6) is 5.88 Å². The molecule has 0 aliphatic rings. The van der Waals surface area contributed by atoms with Gasteiger partial charge in [-0.15, -0.1) is 0 Å². The first-order chi connectivity index (χ1) is 20.0. The Morgan fingerprint density at radius 3 is 2.55 bits per heavy atom. The summed E-state index contributed by atoms with van der Waals surface area (Å²) in [6, 6.07) is 13.9. The SMILES string of the molecule is CCCCc1nc(O)c(S(=O)(=O)c2ccc(-c3ccc(F)cc3C(N)=O)cn2)c(=O)n1[C@@H](CC)c1cccc(C#N)c1. The van der Waals surface area contributed by atoms with Crippen molar-refractivity contribution in [3.8, 4) is 23.1 Å². The number of hydrogen-bond donors (Lipinski definition) is 2. The van der Waals surface area contributed by atoms with E-state index in [9.17, 15) is 32.8 Å². The first-order valence-corrected chi connectivity index (χ1v) is 14.7. The summed E-state index contributed by atoms with van der Waals surface area (Å²) in [5, 5.41) is 19.6. The van der Waals surface area contributed by atoms with Gasteiger partial charge < -0.3 is 10.8 Å². The molecule has 12 heteroatoms. The number of aryl methyl sites for hydroxylation is 1. The van der Waals surface area contributed by atoms with Gasteiger partial charge in [0.15, 0.2) is 5.03 Å². The number of rotatable bonds is 10. The van der Waals surface area contributed by atoms with Crippen molar-refractivity contribution in [3.05, 3.63) is 99.5 Å². The topological polar surface area (TPSA) is 169 Å². The number of sulfone groups is 1. The fourth-order valence-corrected chi connectivity index (χ4v) is 6.04. The highest BCUT2D eigenvalue weighted by molar-refractivity contribution is 7.91. The molecule has 0 aliphatic carbocycles. The molecule has 42 heavy (non-hydrogen) atoms. The number of nitrogens with two attached hydrogens (primary N) is 1. The molecule has 4 rings (SSSR count). The molecule has 0 spiro atoms. The molecule has 1 atom stereocenters. The summed E-state index contributed by atoms with van der Waals surface area (Å²) in [7, 11) is -4.69. The Morgan fingerprint density at radius 1 is 1.17 bits per heavy atom. The number of carbonyl (C=O) groups is 1. The van der Waals surface area contributed by atoms with Gasteiger partial charge in [-0.25, -0.2) is 17.8 Å². The quantitative estimate of drug-likeness (QED) is 0.276. The van der Waals surface area contributed by atoms with Gasteiger partial charge in [-0.2, -0.15) is 10.2 Å². The number of aromatic nitrogens is 3. The predicted octanol–water partition coefficient (Wildman–Crippen LogP) is 4.30. The van der Waals surface area contributed by atoms with Crippen molar-refractivity contribution >= 4 is 15.7 Å². The van der Waals surface area contributed by atoms with Gasteiger partial charge in [0.1, 0.15) is 11.6 Å². The van der Waals surface area contributed by atoms with Crippen LogP contribution in [0, 0.1) is 17.1 Å². The Balaban J connectivity index is 1.87. The van der Waals surface area contributed by atoms with Crippen LogP contribution in [0.1, 0.15) is 66.5 Å². The summed E-state index contributed by atoms with van der Waals surface area (Å²) in [5.41, 5.74) is 5.78. The highest BCUT2D eigenvalue weighted by Crippen LogP contribution is 2.30. The van der Waals surface area contributed by atoms with Gasteiger partial charge in [0.2, 0.25) is 26.5 Å². The number of benzene rings is 2. The number of unbranched alkanes of at least 4 members (excludes halogenated alkanes) is 1. The van der Waals surface area contributed by atoms with E-state index in [1.807, 2.05) is 13.8 Å². The third kappa shape index (κ3) is 5.77. The van der Waals surface area contributed by atoms with Crippen LogP contribution in [-0.4, -0.2) is 34.0 Å². The molecule has 0 bridgehead atoms. The Labute approximate surface area is 241 Å². The zero-order chi connectivity index (χ0) is 30.6. The van der Waals surface area contributed by atoms with E-state index >= 15 is 0 Å². The van der Waals surface area contributed by atoms with Crippen molar-refractivity contribution in [2.75, 3.05) is 0 Å². The summed E-state index contributed by atoms with van der Waals surface area (Å²) >= 11 is 0. The highest BCUT2D eigenvalue weighted by atomic mass is 32.2. The Hall–Kier alpha value is -4.89. The second-order valence-corrected chi connectivity index (χ2v) is 11.4. The van der Waals surface area contributed by atoms with Gasteiger partial charge in [-0.05, 0) is 60.4 Å². The number of pyridine rings is 1. The van der Waals surface area contributed by atoms with Crippen molar-refractivity contribution in [1.82, 2.24) is 14.5 Å². The number of nitrogens with zero attached hydrogens (tertiary/aromatic N) is 4. The van der Waals surface area contributed by atoms with Gasteiger partial charge in [0.25, 0.3) is 5.56 Å². The van der Waals surface area contributed by atoms with E-state index in [4.69, 9.17) is 5.73 Å². The smallest absolute Gasteiger partial charge is 0.277 e. The molecule has 0 saturated carbocycles. The largest absolute Gasteiger partial charge is 0.492 e. The fraction of sp³-hybridized carbons (Fsp3) is 0.233. The molecule has 0 saturated heterocycles. The van der Waals surface area contributed by atoms with Gasteiger partial charge in [-0.3, -0.25) is 14.2 Å². The lowest BCUT2D eigenvalue weighted by molar-refractivity contribution is 0.100. The van der Waals surface area contributed by atoms with Crippen LogP contribution in [0.2, 0.25) is 0 Å². The Morgan fingerprint density at radius 2 is 1.93 bits per heavy atom. The van der Waals surface area contributed by atoms with Crippen molar-refractivity contribution < 1.29 is 22.7 Å². The molecule has 2 heterocycles. The number of carbonyl (C=O) groups excluding carboxylic acids is 1. The van der Waals surface area contributed by atoms with Crippen LogP contribution in [0.4, 0.5) is 4.39 Å². The monoisotopic (exact) mass is 589 g/mol.